The Bertz CT molecular complexity index is 853. The predicted octanol–water partition coefficient (Wildman–Crippen LogP) is 4.37. The van der Waals surface area contributed by atoms with Crippen LogP contribution in [0.5, 0.6) is 11.5 Å². The largest absolute Gasteiger partial charge is 0.504 e. The molecule has 0 spiro atoms. The van der Waals surface area contributed by atoms with Crippen LogP contribution in [0.2, 0.25) is 0 Å². The van der Waals surface area contributed by atoms with E-state index in [1.54, 1.807) is 29.7 Å². The standard InChI is InChI=1S/C20H27N3O2S/c1-20(2,3)17-13-26-19(22-15-9-5-4-6-10-15)23(17)21-12-14-8-7-11-16(24)18(14)25/h7-8,11-13,15,24-25H,4-6,9-10H2,1-3H3/b21-12+,22-19-. The van der Waals surface area contributed by atoms with Crippen LogP contribution in [0, 0.1) is 0 Å². The van der Waals surface area contributed by atoms with Crippen molar-refractivity contribution in [2.75, 3.05) is 0 Å². The fourth-order valence-electron chi connectivity index (χ4n) is 3.14. The summed E-state index contributed by atoms with van der Waals surface area (Å²) < 4.78 is 1.88. The molecule has 2 aromatic rings. The van der Waals surface area contributed by atoms with E-state index in [0.717, 1.165) is 23.3 Å². The summed E-state index contributed by atoms with van der Waals surface area (Å²) in [7, 11) is 0. The van der Waals surface area contributed by atoms with Crippen molar-refractivity contribution >= 4 is 17.6 Å². The second kappa shape index (κ2) is 7.66. The lowest BCUT2D eigenvalue weighted by atomic mass is 9.93. The summed E-state index contributed by atoms with van der Waals surface area (Å²) in [6.45, 7) is 6.45. The third-order valence-electron chi connectivity index (χ3n) is 4.68. The van der Waals surface area contributed by atoms with Crippen molar-refractivity contribution in [3.05, 3.63) is 39.6 Å². The molecule has 1 saturated carbocycles. The fraction of sp³-hybridized carbons (Fsp3) is 0.500. The zero-order chi connectivity index (χ0) is 18.7. The first-order chi connectivity index (χ1) is 12.4. The Labute approximate surface area is 158 Å². The van der Waals surface area contributed by atoms with Gasteiger partial charge in [0.25, 0.3) is 0 Å². The van der Waals surface area contributed by atoms with E-state index in [0.29, 0.717) is 11.6 Å². The van der Waals surface area contributed by atoms with Gasteiger partial charge in [-0.3, -0.25) is 4.99 Å². The third kappa shape index (κ3) is 4.18. The molecule has 1 aliphatic rings. The first-order valence-electron chi connectivity index (χ1n) is 9.16. The lowest BCUT2D eigenvalue weighted by molar-refractivity contribution is 0.403. The monoisotopic (exact) mass is 373 g/mol. The number of aromatic nitrogens is 1. The van der Waals surface area contributed by atoms with Crippen molar-refractivity contribution < 1.29 is 10.2 Å². The van der Waals surface area contributed by atoms with Gasteiger partial charge in [-0.15, -0.1) is 11.3 Å². The average molecular weight is 374 g/mol. The molecule has 5 nitrogen and oxygen atoms in total. The Hall–Kier alpha value is -2.08. The van der Waals surface area contributed by atoms with Crippen LogP contribution in [0.3, 0.4) is 0 Å². The quantitative estimate of drug-likeness (QED) is 0.619. The van der Waals surface area contributed by atoms with Crippen molar-refractivity contribution in [3.63, 3.8) is 0 Å². The maximum atomic E-state index is 10.0. The summed E-state index contributed by atoms with van der Waals surface area (Å²) in [6.07, 6.45) is 7.65. The lowest BCUT2D eigenvalue weighted by Crippen LogP contribution is -2.24. The summed E-state index contributed by atoms with van der Waals surface area (Å²) in [5, 5.41) is 26.4. The Kier molecular flexibility index (Phi) is 5.51. The van der Waals surface area contributed by atoms with Crippen LogP contribution in [0.25, 0.3) is 0 Å². The van der Waals surface area contributed by atoms with Crippen LogP contribution in [0.1, 0.15) is 64.1 Å². The number of benzene rings is 1. The molecule has 1 heterocycles. The topological polar surface area (TPSA) is 70.1 Å². The molecule has 0 saturated heterocycles. The van der Waals surface area contributed by atoms with Crippen LogP contribution in [0.15, 0.2) is 33.7 Å². The van der Waals surface area contributed by atoms with Crippen molar-refractivity contribution in [2.45, 2.75) is 64.3 Å². The molecule has 1 aromatic carbocycles. The molecule has 0 unspecified atom stereocenters. The second-order valence-electron chi connectivity index (χ2n) is 7.85. The Morgan fingerprint density at radius 1 is 1.15 bits per heavy atom. The highest BCUT2D eigenvalue weighted by Crippen LogP contribution is 2.27. The molecule has 0 atom stereocenters. The summed E-state index contributed by atoms with van der Waals surface area (Å²) in [5.74, 6) is -0.303. The van der Waals surface area contributed by atoms with Gasteiger partial charge >= 0.3 is 0 Å². The molecule has 0 radical (unpaired) electrons. The highest BCUT2D eigenvalue weighted by molar-refractivity contribution is 7.07. The van der Waals surface area contributed by atoms with Gasteiger partial charge in [0.05, 0.1) is 18.0 Å². The van der Waals surface area contributed by atoms with Crippen molar-refractivity contribution in [2.24, 2.45) is 10.1 Å². The van der Waals surface area contributed by atoms with Crippen LogP contribution >= 0.6 is 11.3 Å². The molecular weight excluding hydrogens is 346 g/mol. The third-order valence-corrected chi connectivity index (χ3v) is 5.51. The van der Waals surface area contributed by atoms with Crippen LogP contribution in [-0.2, 0) is 5.41 Å². The van der Waals surface area contributed by atoms with Crippen LogP contribution in [0.4, 0.5) is 0 Å². The SMILES string of the molecule is CC(C)(C)c1cs/c(=N\C2CCCCC2)n1/N=C/c1cccc(O)c1O. The minimum absolute atomic E-state index is 0.0744. The Balaban J connectivity index is 2.03. The minimum Gasteiger partial charge on any atom is -0.504 e. The molecule has 2 N–H and O–H groups in total. The van der Waals surface area contributed by atoms with Crippen molar-refractivity contribution in [3.8, 4) is 11.5 Å². The number of phenols is 2. The van der Waals surface area contributed by atoms with Crippen LogP contribution in [-0.4, -0.2) is 27.1 Å². The normalized spacial score (nSPS) is 17.3. The summed E-state index contributed by atoms with van der Waals surface area (Å²) in [4.78, 5) is 5.85. The number of para-hydroxylation sites is 1. The number of thiazole rings is 1. The van der Waals surface area contributed by atoms with E-state index >= 15 is 0 Å². The molecule has 1 aromatic heterocycles. The molecule has 0 amide bonds. The fourth-order valence-corrected chi connectivity index (χ4v) is 4.27. The van der Waals surface area contributed by atoms with E-state index in [9.17, 15) is 10.2 Å². The molecule has 1 fully saturated rings. The zero-order valence-corrected chi connectivity index (χ0v) is 16.5. The summed E-state index contributed by atoms with van der Waals surface area (Å²) >= 11 is 1.61. The molecular formula is C20H27N3O2S. The molecule has 140 valence electrons. The number of hydrogen-bond donors (Lipinski definition) is 2. The van der Waals surface area contributed by atoms with E-state index in [1.807, 2.05) is 4.68 Å². The number of nitrogens with zero attached hydrogens (tertiary/aromatic N) is 3. The molecule has 0 aliphatic heterocycles. The van der Waals surface area contributed by atoms with Gasteiger partial charge in [-0.25, -0.2) is 4.68 Å². The first kappa shape index (κ1) is 18.7. The van der Waals surface area contributed by atoms with E-state index in [1.165, 1.54) is 25.3 Å². The number of rotatable bonds is 3. The number of aromatic hydroxyl groups is 2. The summed E-state index contributed by atoms with van der Waals surface area (Å²) in [5.41, 5.74) is 1.48. The average Bonchev–Trinajstić information content (AvgIpc) is 3.00. The van der Waals surface area contributed by atoms with Gasteiger partial charge < -0.3 is 10.2 Å². The van der Waals surface area contributed by atoms with E-state index in [-0.39, 0.29) is 16.9 Å². The van der Waals surface area contributed by atoms with E-state index in [4.69, 9.17) is 4.99 Å². The number of phenolic OH excluding ortho intramolecular Hbond substituents is 2. The summed E-state index contributed by atoms with van der Waals surface area (Å²) in [6, 6.07) is 5.23. The van der Waals surface area contributed by atoms with Gasteiger partial charge in [-0.2, -0.15) is 5.10 Å². The maximum Gasteiger partial charge on any atom is 0.206 e. The van der Waals surface area contributed by atoms with Gasteiger partial charge in [0.2, 0.25) is 4.80 Å². The molecule has 3 rings (SSSR count). The molecule has 1 aliphatic carbocycles. The molecule has 26 heavy (non-hydrogen) atoms. The van der Waals surface area contributed by atoms with Gasteiger partial charge in [0.15, 0.2) is 11.5 Å². The van der Waals surface area contributed by atoms with Crippen LogP contribution < -0.4 is 4.80 Å². The second-order valence-corrected chi connectivity index (χ2v) is 8.68. The number of hydrogen-bond acceptors (Lipinski definition) is 5. The first-order valence-corrected chi connectivity index (χ1v) is 10.0. The smallest absolute Gasteiger partial charge is 0.206 e. The zero-order valence-electron chi connectivity index (χ0n) is 15.6. The van der Waals surface area contributed by atoms with Crippen molar-refractivity contribution in [1.82, 2.24) is 4.68 Å². The van der Waals surface area contributed by atoms with Gasteiger partial charge in [0, 0.05) is 16.4 Å². The highest BCUT2D eigenvalue weighted by Gasteiger charge is 2.21. The van der Waals surface area contributed by atoms with E-state index < -0.39 is 0 Å². The Morgan fingerprint density at radius 2 is 1.88 bits per heavy atom. The molecule has 6 heteroatoms. The van der Waals surface area contributed by atoms with E-state index in [2.05, 4.69) is 31.3 Å². The van der Waals surface area contributed by atoms with Crippen molar-refractivity contribution in [1.29, 1.82) is 0 Å². The van der Waals surface area contributed by atoms with Gasteiger partial charge in [0.1, 0.15) is 0 Å². The molecule has 0 bridgehead atoms. The minimum atomic E-state index is -0.157. The highest BCUT2D eigenvalue weighted by atomic mass is 32.1. The van der Waals surface area contributed by atoms with Gasteiger partial charge in [-0.1, -0.05) is 46.1 Å². The van der Waals surface area contributed by atoms with Gasteiger partial charge in [-0.05, 0) is 25.0 Å². The maximum absolute atomic E-state index is 10.0. The Morgan fingerprint density at radius 3 is 2.58 bits per heavy atom. The predicted molar refractivity (Wildman–Crippen MR) is 106 cm³/mol. The lowest BCUT2D eigenvalue weighted by Gasteiger charge is -2.19.